The zero-order valence-corrected chi connectivity index (χ0v) is 29.4. The molecule has 2 saturated carbocycles. The van der Waals surface area contributed by atoms with Gasteiger partial charge < -0.3 is 9.84 Å². The van der Waals surface area contributed by atoms with Gasteiger partial charge in [-0.15, -0.1) is 0 Å². The predicted molar refractivity (Wildman–Crippen MR) is 190 cm³/mol. The molecule has 0 amide bonds. The van der Waals surface area contributed by atoms with Crippen molar-refractivity contribution in [3.05, 3.63) is 84.5 Å². The Morgan fingerprint density at radius 2 is 1.00 bits per heavy atom. The zero-order chi connectivity index (χ0) is 35.5. The van der Waals surface area contributed by atoms with E-state index in [1.807, 2.05) is 24.3 Å². The van der Waals surface area contributed by atoms with Crippen LogP contribution in [0.4, 0.5) is 35.1 Å². The molecular weight excluding hydrogens is 755 g/mol. The number of benzene rings is 2. The van der Waals surface area contributed by atoms with E-state index >= 15 is 0 Å². The van der Waals surface area contributed by atoms with Crippen molar-refractivity contribution in [2.24, 2.45) is 11.8 Å². The van der Waals surface area contributed by atoms with Gasteiger partial charge in [-0.1, -0.05) is 71.2 Å². The summed E-state index contributed by atoms with van der Waals surface area (Å²) >= 11 is 1.62. The molecule has 2 aromatic carbocycles. The Morgan fingerprint density at radius 1 is 0.688 bits per heavy atom. The van der Waals surface area contributed by atoms with Crippen LogP contribution in [0.2, 0.25) is 0 Å². The number of phenols is 1. The van der Waals surface area contributed by atoms with E-state index in [4.69, 9.17) is 4.74 Å². The van der Waals surface area contributed by atoms with Crippen LogP contribution < -0.4 is 4.74 Å². The minimum absolute atomic E-state index is 0. The molecule has 1 N–H and O–H groups in total. The molecule has 2 aliphatic carbocycles. The maximum absolute atomic E-state index is 12.0. The van der Waals surface area contributed by atoms with Crippen LogP contribution >= 0.6 is 22.6 Å². The molecule has 0 spiro atoms. The van der Waals surface area contributed by atoms with Crippen molar-refractivity contribution < 1.29 is 45.0 Å². The molecule has 2 fully saturated rings. The summed E-state index contributed by atoms with van der Waals surface area (Å²) in [4.78, 5) is 0. The summed E-state index contributed by atoms with van der Waals surface area (Å²) in [6.07, 6.45) is 10.1. The van der Waals surface area contributed by atoms with E-state index in [0.29, 0.717) is 17.4 Å². The lowest BCUT2D eigenvalue weighted by molar-refractivity contribution is 0.191. The van der Waals surface area contributed by atoms with Crippen LogP contribution in [0.15, 0.2) is 73.4 Å². The topological polar surface area (TPSA) is 29.5 Å². The molecule has 0 bridgehead atoms. The van der Waals surface area contributed by atoms with Crippen molar-refractivity contribution in [2.75, 3.05) is 11.5 Å². The van der Waals surface area contributed by atoms with Gasteiger partial charge in [0.15, 0.2) is 12.7 Å². The molecule has 0 heterocycles. The lowest BCUT2D eigenvalue weighted by atomic mass is 9.77. The van der Waals surface area contributed by atoms with Crippen LogP contribution in [0.3, 0.4) is 0 Å². The number of hydrogen-bond acceptors (Lipinski definition) is 2. The number of hydrogen-bond donors (Lipinski definition) is 1. The van der Waals surface area contributed by atoms with E-state index in [1.54, 1.807) is 22.6 Å². The molecule has 0 aromatic heterocycles. The van der Waals surface area contributed by atoms with Gasteiger partial charge in [0, 0.05) is 0 Å². The Bertz CT molecular complexity index is 1040. The molecule has 2 aromatic rings. The molecule has 11 heteroatoms. The van der Waals surface area contributed by atoms with Gasteiger partial charge in [0.2, 0.25) is 6.86 Å². The second-order valence-electron chi connectivity index (χ2n) is 11.3. The molecular formula is C37H53F8IO2. The molecule has 48 heavy (non-hydrogen) atoms. The third kappa shape index (κ3) is 23.1. The fourth-order valence-corrected chi connectivity index (χ4v) is 6.03. The summed E-state index contributed by atoms with van der Waals surface area (Å²) in [6.45, 7) is 3.81. The van der Waals surface area contributed by atoms with Crippen LogP contribution in [0.5, 0.6) is 11.5 Å². The van der Waals surface area contributed by atoms with Gasteiger partial charge in [0.25, 0.3) is 12.2 Å². The third-order valence-electron chi connectivity index (χ3n) is 8.19. The first-order valence-electron chi connectivity index (χ1n) is 16.0. The minimum Gasteiger partial charge on any atom is -0.508 e. The number of halogens is 9. The lowest BCUT2D eigenvalue weighted by Gasteiger charge is -2.28. The second kappa shape index (κ2) is 30.7. The maximum atomic E-state index is 12.0. The van der Waals surface area contributed by atoms with Gasteiger partial charge in [-0.25, -0.2) is 17.6 Å². The molecule has 0 aliphatic heterocycles. The highest BCUT2D eigenvalue weighted by atomic mass is 127. The van der Waals surface area contributed by atoms with Crippen molar-refractivity contribution >= 4 is 22.6 Å². The van der Waals surface area contributed by atoms with Crippen molar-refractivity contribution in [1.82, 2.24) is 0 Å². The van der Waals surface area contributed by atoms with Crippen molar-refractivity contribution in [3.8, 4) is 11.5 Å². The first-order chi connectivity index (χ1) is 22.6. The van der Waals surface area contributed by atoms with Crippen LogP contribution in [0.1, 0.15) is 121 Å². The monoisotopic (exact) mass is 808 g/mol. The summed E-state index contributed by atoms with van der Waals surface area (Å²) < 4.78 is 88.3. The average molecular weight is 809 g/mol. The number of ether oxygens (including phenoxy) is 1. The fraction of sp³-hybridized carbons (Fsp3) is 0.568. The number of alkyl halides is 3. The smallest absolute Gasteiger partial charge is 0.298 e. The lowest BCUT2D eigenvalue weighted by Crippen LogP contribution is -2.13. The zero-order valence-electron chi connectivity index (χ0n) is 27.2. The summed E-state index contributed by atoms with van der Waals surface area (Å²) in [5, 5.41) is 9.27. The average Bonchev–Trinajstić information content (AvgIpc) is 3.08. The number of phenolic OH excluding ortho intramolecular Hbond substituents is 1. The van der Waals surface area contributed by atoms with Gasteiger partial charge in [0.05, 0.1) is 0 Å². The number of aromatic hydroxyl groups is 1. The van der Waals surface area contributed by atoms with Crippen molar-refractivity contribution in [2.45, 2.75) is 110 Å². The summed E-state index contributed by atoms with van der Waals surface area (Å²) in [6, 6.07) is 15.7. The van der Waals surface area contributed by atoms with Gasteiger partial charge in [0.1, 0.15) is 16.2 Å². The van der Waals surface area contributed by atoms with Gasteiger partial charge in [-0.2, -0.15) is 17.6 Å². The van der Waals surface area contributed by atoms with Crippen molar-refractivity contribution in [1.29, 1.82) is 0 Å². The normalized spacial score (nSPS) is 19.3. The minimum atomic E-state index is -2.29. The van der Waals surface area contributed by atoms with Crippen LogP contribution in [-0.4, -0.2) is 16.6 Å². The van der Waals surface area contributed by atoms with Crippen molar-refractivity contribution in [3.63, 3.8) is 0 Å². The molecule has 0 radical (unpaired) electrons. The van der Waals surface area contributed by atoms with E-state index in [-0.39, 0.29) is 12.1 Å². The van der Waals surface area contributed by atoms with E-state index < -0.39 is 31.7 Å². The molecule has 2 aliphatic rings. The van der Waals surface area contributed by atoms with E-state index in [1.165, 1.54) is 88.2 Å². The Labute approximate surface area is 296 Å². The second-order valence-corrected chi connectivity index (χ2v) is 11.9. The number of rotatable bonds is 8. The Hall–Kier alpha value is -2.31. The standard InChI is InChI=1S/C16H23FO.C15H22O.2C2HF3.CH2FI.CH4/c1-2-3-13-4-6-14(7-5-13)15-8-10-16(11-9-15)18-12-17;1-2-3-12-4-6-13(7-5-12)14-8-10-15(16)11-9-14;2*3-1-2(4)5;2-1-3;/h8-11,13-14H,2-7,12H2,1H3;8-13,16H,2-7H2,1H3;2*1H;1H2;1H4. The quantitative estimate of drug-likeness (QED) is 0.164. The Balaban J connectivity index is 0. The largest absolute Gasteiger partial charge is 0.508 e. The molecule has 276 valence electrons. The van der Waals surface area contributed by atoms with Crippen LogP contribution in [0, 0.1) is 11.8 Å². The summed E-state index contributed by atoms with van der Waals surface area (Å²) in [5.41, 5.74) is 2.80. The summed E-state index contributed by atoms with van der Waals surface area (Å²) in [5.74, 6) is 4.34. The van der Waals surface area contributed by atoms with Gasteiger partial charge in [-0.3, -0.25) is 0 Å². The highest BCUT2D eigenvalue weighted by Gasteiger charge is 2.22. The van der Waals surface area contributed by atoms with E-state index in [2.05, 4.69) is 38.1 Å². The highest BCUT2D eigenvalue weighted by Crippen LogP contribution is 2.39. The third-order valence-corrected chi connectivity index (χ3v) is 8.19. The van der Waals surface area contributed by atoms with Gasteiger partial charge in [-0.05, 0) is 133 Å². The summed E-state index contributed by atoms with van der Waals surface area (Å²) in [7, 11) is 0. The molecule has 0 saturated heterocycles. The fourth-order valence-electron chi connectivity index (χ4n) is 6.03. The van der Waals surface area contributed by atoms with E-state index in [9.17, 15) is 40.2 Å². The molecule has 4 rings (SSSR count). The van der Waals surface area contributed by atoms with Gasteiger partial charge >= 0.3 is 0 Å². The highest BCUT2D eigenvalue weighted by molar-refractivity contribution is 14.1. The Kier molecular flexibility index (Phi) is 30.6. The predicted octanol–water partition coefficient (Wildman–Crippen LogP) is 14.9. The first kappa shape index (κ1) is 47.8. The molecule has 0 unspecified atom stereocenters. The first-order valence-corrected chi connectivity index (χ1v) is 17.5. The Morgan fingerprint density at radius 3 is 1.27 bits per heavy atom. The maximum Gasteiger partial charge on any atom is 0.298 e. The SMILES string of the molecule is C.CCCC1CCC(c2ccc(O)cc2)CC1.CCCC1CCC(c2ccc(OCF)cc2)CC1.FC=C(F)F.FC=C(F)F.FCI. The van der Waals surface area contributed by atoms with Crippen LogP contribution in [0.25, 0.3) is 0 Å². The van der Waals surface area contributed by atoms with Crippen LogP contribution in [-0.2, 0) is 0 Å². The molecule has 0 atom stereocenters. The van der Waals surface area contributed by atoms with E-state index in [0.717, 1.165) is 17.8 Å². The molecule has 2 nitrogen and oxygen atoms in total.